The summed E-state index contributed by atoms with van der Waals surface area (Å²) < 4.78 is 101. The summed E-state index contributed by atoms with van der Waals surface area (Å²) in [7, 11) is -0.144. The molecule has 4 aromatic carbocycles. The molecule has 0 spiro atoms. The molecule has 12 nitrogen and oxygen atoms in total. The van der Waals surface area contributed by atoms with Crippen LogP contribution in [0.1, 0.15) is 40.4 Å². The van der Waals surface area contributed by atoms with Crippen molar-refractivity contribution in [3.8, 4) is 39.5 Å². The number of rotatable bonds is 15. The fourth-order valence-corrected chi connectivity index (χ4v) is 7.76. The number of ether oxygens (including phenoxy) is 5. The maximum atomic E-state index is 15.5. The molecule has 1 amide bonds. The summed E-state index contributed by atoms with van der Waals surface area (Å²) in [5.74, 6) is -4.10. The van der Waals surface area contributed by atoms with Gasteiger partial charge in [0.05, 0.1) is 50.7 Å². The van der Waals surface area contributed by atoms with Gasteiger partial charge in [0.15, 0.2) is 0 Å². The number of nitrogens with zero attached hydrogens (tertiary/aromatic N) is 1. The Bertz CT molecular complexity index is 2400. The van der Waals surface area contributed by atoms with Crippen LogP contribution in [-0.2, 0) is 43.7 Å². The van der Waals surface area contributed by atoms with E-state index < -0.39 is 56.8 Å². The SMILES string of the molecule is CCOCc1cc(OC)c(-c2ccc(C[C@H](NC(=O)c3c(F)cc(NS(=O)(=O)c4ccc(-c5ccnc(F)c5)cc4)cc3F)C(=O)OC)c3c2CCCO3)c(OC)c1. The number of carbonyl (C=O) groups is 2. The van der Waals surface area contributed by atoms with E-state index in [4.69, 9.17) is 23.7 Å². The summed E-state index contributed by atoms with van der Waals surface area (Å²) in [4.78, 5) is 29.7. The summed E-state index contributed by atoms with van der Waals surface area (Å²) in [5, 5.41) is 2.38. The fraction of sp³-hybridized carbons (Fsp3) is 0.262. The summed E-state index contributed by atoms with van der Waals surface area (Å²) in [6.07, 6.45) is 2.39. The number of hydrogen-bond donors (Lipinski definition) is 2. The van der Waals surface area contributed by atoms with Crippen LogP contribution in [0.15, 0.2) is 83.9 Å². The topological polar surface area (TPSA) is 151 Å². The van der Waals surface area contributed by atoms with Gasteiger partial charge in [0, 0.05) is 30.9 Å². The molecule has 1 aromatic heterocycles. The Morgan fingerprint density at radius 1 is 0.897 bits per heavy atom. The van der Waals surface area contributed by atoms with Crippen LogP contribution in [0.4, 0.5) is 18.9 Å². The average Bonchev–Trinajstić information content (AvgIpc) is 3.21. The number of esters is 1. The lowest BCUT2D eigenvalue weighted by atomic mass is 9.89. The molecule has 0 saturated carbocycles. The van der Waals surface area contributed by atoms with Gasteiger partial charge in [-0.05, 0) is 90.0 Å². The zero-order chi connectivity index (χ0) is 41.6. The van der Waals surface area contributed by atoms with Gasteiger partial charge in [0.2, 0.25) is 5.95 Å². The summed E-state index contributed by atoms with van der Waals surface area (Å²) >= 11 is 0. The number of aromatic nitrogens is 1. The Morgan fingerprint density at radius 2 is 1.59 bits per heavy atom. The number of hydrogen-bond acceptors (Lipinski definition) is 10. The van der Waals surface area contributed by atoms with E-state index >= 15 is 8.78 Å². The highest BCUT2D eigenvalue weighted by atomic mass is 32.2. The van der Waals surface area contributed by atoms with E-state index in [2.05, 4.69) is 15.0 Å². The second kappa shape index (κ2) is 18.0. The second-order valence-corrected chi connectivity index (χ2v) is 14.8. The number of anilines is 1. The first-order valence-electron chi connectivity index (χ1n) is 18.1. The molecule has 304 valence electrons. The van der Waals surface area contributed by atoms with Crippen LogP contribution >= 0.6 is 0 Å². The zero-order valence-corrected chi connectivity index (χ0v) is 32.8. The molecule has 0 saturated heterocycles. The van der Waals surface area contributed by atoms with Crippen molar-refractivity contribution < 1.29 is 54.9 Å². The van der Waals surface area contributed by atoms with Crippen LogP contribution < -0.4 is 24.2 Å². The Labute approximate surface area is 333 Å². The standard InChI is InChI=1S/C42H40F3N3O9S/c1-5-56-23-24-17-35(53-2)38(36(18-24)54-3)30-13-10-27(40-31(30)7-6-16-57-40)19-34(42(50)55-4)47-41(49)39-32(43)21-28(22-33(39)44)48-58(51,52)29-11-8-25(9-12-29)26-14-15-46-37(45)20-26/h8-15,17-18,20-22,34,48H,5-7,16,19,23H2,1-4H3,(H,47,49)/t34-/m0/s1. The predicted octanol–water partition coefficient (Wildman–Crippen LogP) is 7.03. The molecule has 16 heteroatoms. The minimum absolute atomic E-state index is 0.168. The van der Waals surface area contributed by atoms with E-state index in [0.29, 0.717) is 84.3 Å². The molecule has 1 aliphatic rings. The summed E-state index contributed by atoms with van der Waals surface area (Å²) in [6, 6.07) is 15.2. The van der Waals surface area contributed by atoms with E-state index in [1.54, 1.807) is 26.4 Å². The van der Waals surface area contributed by atoms with Crippen molar-refractivity contribution in [2.24, 2.45) is 0 Å². The minimum atomic E-state index is -4.36. The normalized spacial score (nSPS) is 12.8. The van der Waals surface area contributed by atoms with Gasteiger partial charge in [-0.3, -0.25) is 9.52 Å². The number of carbonyl (C=O) groups excluding carboxylic acids is 2. The molecule has 0 radical (unpaired) electrons. The Morgan fingerprint density at radius 3 is 2.21 bits per heavy atom. The molecular weight excluding hydrogens is 780 g/mol. The first kappa shape index (κ1) is 41.5. The van der Waals surface area contributed by atoms with Crippen molar-refractivity contribution in [3.05, 3.63) is 119 Å². The van der Waals surface area contributed by atoms with E-state index in [1.807, 2.05) is 25.1 Å². The maximum absolute atomic E-state index is 15.5. The first-order valence-corrected chi connectivity index (χ1v) is 19.6. The molecule has 58 heavy (non-hydrogen) atoms. The van der Waals surface area contributed by atoms with Crippen molar-refractivity contribution >= 4 is 27.6 Å². The number of amides is 1. The van der Waals surface area contributed by atoms with Crippen LogP contribution in [0.25, 0.3) is 22.3 Å². The number of nitrogens with one attached hydrogen (secondary N) is 2. The van der Waals surface area contributed by atoms with Crippen LogP contribution in [0, 0.1) is 17.6 Å². The molecule has 6 rings (SSSR count). The molecule has 0 unspecified atom stereocenters. The summed E-state index contributed by atoms with van der Waals surface area (Å²) in [6.45, 7) is 3.17. The molecule has 1 atom stereocenters. The Kier molecular flexibility index (Phi) is 12.9. The first-order chi connectivity index (χ1) is 27.9. The fourth-order valence-electron chi connectivity index (χ4n) is 6.71. The number of benzene rings is 4. The van der Waals surface area contributed by atoms with Crippen LogP contribution in [0.3, 0.4) is 0 Å². The number of methoxy groups -OCH3 is 3. The van der Waals surface area contributed by atoms with Crippen LogP contribution in [0.2, 0.25) is 0 Å². The monoisotopic (exact) mass is 819 g/mol. The van der Waals surface area contributed by atoms with E-state index in [0.717, 1.165) is 23.8 Å². The lowest BCUT2D eigenvalue weighted by molar-refractivity contribution is -0.142. The molecule has 0 bridgehead atoms. The Hall–Kier alpha value is -6.13. The van der Waals surface area contributed by atoms with Gasteiger partial charge in [-0.2, -0.15) is 4.39 Å². The molecule has 2 heterocycles. The van der Waals surface area contributed by atoms with Gasteiger partial charge in [-0.15, -0.1) is 0 Å². The van der Waals surface area contributed by atoms with Gasteiger partial charge in [-0.25, -0.2) is 27.0 Å². The third-order valence-electron chi connectivity index (χ3n) is 9.43. The highest BCUT2D eigenvalue weighted by molar-refractivity contribution is 7.92. The Balaban J connectivity index is 1.23. The highest BCUT2D eigenvalue weighted by Gasteiger charge is 2.30. The van der Waals surface area contributed by atoms with Crippen LogP contribution in [0.5, 0.6) is 17.2 Å². The molecular formula is C42H40F3N3O9S. The van der Waals surface area contributed by atoms with Crippen molar-refractivity contribution in [1.29, 1.82) is 0 Å². The quantitative estimate of drug-likeness (QED) is 0.0833. The third-order valence-corrected chi connectivity index (χ3v) is 10.8. The average molecular weight is 820 g/mol. The number of pyridine rings is 1. The number of halogens is 3. The largest absolute Gasteiger partial charge is 0.496 e. The van der Waals surface area contributed by atoms with E-state index in [9.17, 15) is 22.4 Å². The van der Waals surface area contributed by atoms with Gasteiger partial charge < -0.3 is 29.0 Å². The lowest BCUT2D eigenvalue weighted by Gasteiger charge is -2.26. The van der Waals surface area contributed by atoms with E-state index in [-0.39, 0.29) is 11.3 Å². The van der Waals surface area contributed by atoms with Crippen LogP contribution in [-0.4, -0.2) is 65.9 Å². The molecule has 5 aromatic rings. The van der Waals surface area contributed by atoms with Crippen molar-refractivity contribution in [2.45, 2.75) is 43.7 Å². The number of fused-ring (bicyclic) bond motifs is 1. The third kappa shape index (κ3) is 9.03. The van der Waals surface area contributed by atoms with Crippen molar-refractivity contribution in [2.75, 3.05) is 39.3 Å². The lowest BCUT2D eigenvalue weighted by Crippen LogP contribution is -2.43. The van der Waals surface area contributed by atoms with Gasteiger partial charge in [-0.1, -0.05) is 24.3 Å². The molecule has 0 aliphatic carbocycles. The molecule has 1 aliphatic heterocycles. The van der Waals surface area contributed by atoms with Gasteiger partial charge >= 0.3 is 5.97 Å². The number of sulfonamides is 1. The molecule has 2 N–H and O–H groups in total. The predicted molar refractivity (Wildman–Crippen MR) is 208 cm³/mol. The van der Waals surface area contributed by atoms with Gasteiger partial charge in [0.1, 0.15) is 40.5 Å². The highest BCUT2D eigenvalue weighted by Crippen LogP contribution is 2.46. The second-order valence-electron chi connectivity index (χ2n) is 13.1. The minimum Gasteiger partial charge on any atom is -0.496 e. The van der Waals surface area contributed by atoms with Crippen molar-refractivity contribution in [3.63, 3.8) is 0 Å². The van der Waals surface area contributed by atoms with E-state index in [1.165, 1.54) is 36.5 Å². The molecule has 0 fully saturated rings. The van der Waals surface area contributed by atoms with Gasteiger partial charge in [0.25, 0.3) is 15.9 Å². The van der Waals surface area contributed by atoms with Crippen molar-refractivity contribution in [1.82, 2.24) is 10.3 Å². The zero-order valence-electron chi connectivity index (χ0n) is 32.0. The smallest absolute Gasteiger partial charge is 0.328 e. The maximum Gasteiger partial charge on any atom is 0.328 e. The summed E-state index contributed by atoms with van der Waals surface area (Å²) in [5.41, 5.74) is 3.05.